The number of benzene rings is 1. The summed E-state index contributed by atoms with van der Waals surface area (Å²) in [5, 5.41) is 4.63. The summed E-state index contributed by atoms with van der Waals surface area (Å²) >= 11 is 0. The zero-order valence-electron chi connectivity index (χ0n) is 15.5. The Balaban J connectivity index is 2.53. The van der Waals surface area contributed by atoms with E-state index in [1.807, 2.05) is 0 Å². The molecule has 26 heavy (non-hydrogen) atoms. The fourth-order valence-corrected chi connectivity index (χ4v) is 1.81. The van der Waals surface area contributed by atoms with E-state index in [1.165, 1.54) is 20.3 Å². The van der Waals surface area contributed by atoms with Crippen molar-refractivity contribution in [3.05, 3.63) is 29.8 Å². The summed E-state index contributed by atoms with van der Waals surface area (Å²) in [6.45, 7) is 4.75. The number of methoxy groups -OCH3 is 2. The van der Waals surface area contributed by atoms with Crippen molar-refractivity contribution < 1.29 is 28.6 Å². The molecule has 8 nitrogen and oxygen atoms in total. The molecule has 0 aromatic heterocycles. The van der Waals surface area contributed by atoms with Crippen molar-refractivity contribution in [2.75, 3.05) is 20.8 Å². The van der Waals surface area contributed by atoms with Gasteiger partial charge in [0.15, 0.2) is 6.61 Å². The lowest BCUT2D eigenvalue weighted by atomic mass is 10.1. The van der Waals surface area contributed by atoms with Gasteiger partial charge in [0.25, 0.3) is 5.91 Å². The third kappa shape index (κ3) is 8.18. The minimum absolute atomic E-state index is 0.485. The highest BCUT2D eigenvalue weighted by Gasteiger charge is 2.16. The predicted octanol–water partition coefficient (Wildman–Crippen LogP) is 1.88. The average Bonchev–Trinajstić information content (AvgIpc) is 2.55. The maximum Gasteiger partial charge on any atom is 0.331 e. The highest BCUT2D eigenvalue weighted by atomic mass is 16.5. The average molecular weight is 364 g/mol. The second-order valence-corrected chi connectivity index (χ2v) is 6.34. The molecule has 2 N–H and O–H groups in total. The number of urea groups is 1. The summed E-state index contributed by atoms with van der Waals surface area (Å²) < 4.78 is 15.1. The van der Waals surface area contributed by atoms with E-state index in [4.69, 9.17) is 14.2 Å². The van der Waals surface area contributed by atoms with Crippen molar-refractivity contribution in [1.82, 2.24) is 10.6 Å². The first-order valence-corrected chi connectivity index (χ1v) is 7.83. The van der Waals surface area contributed by atoms with Gasteiger partial charge in [-0.05, 0) is 44.5 Å². The summed E-state index contributed by atoms with van der Waals surface area (Å²) in [6, 6.07) is 4.45. The molecule has 0 aliphatic rings. The molecule has 0 saturated carbocycles. The predicted molar refractivity (Wildman–Crippen MR) is 96.0 cm³/mol. The Morgan fingerprint density at radius 2 is 1.62 bits per heavy atom. The molecule has 0 aliphatic heterocycles. The molecule has 0 radical (unpaired) electrons. The number of carbonyl (C=O) groups excluding carboxylic acids is 3. The van der Waals surface area contributed by atoms with Gasteiger partial charge in [-0.25, -0.2) is 9.59 Å². The number of nitrogens with one attached hydrogen (secondary N) is 2. The number of carbonyl (C=O) groups is 3. The van der Waals surface area contributed by atoms with Crippen molar-refractivity contribution in [3.8, 4) is 11.5 Å². The normalized spacial score (nSPS) is 11.0. The van der Waals surface area contributed by atoms with Crippen LogP contribution >= 0.6 is 0 Å². The van der Waals surface area contributed by atoms with Crippen molar-refractivity contribution in [2.45, 2.75) is 26.3 Å². The fraction of sp³-hybridized carbons (Fsp3) is 0.389. The van der Waals surface area contributed by atoms with Crippen LogP contribution in [0, 0.1) is 0 Å². The van der Waals surface area contributed by atoms with Gasteiger partial charge in [0, 0.05) is 17.7 Å². The van der Waals surface area contributed by atoms with Gasteiger partial charge in [-0.15, -0.1) is 0 Å². The smallest absolute Gasteiger partial charge is 0.331 e. The topological polar surface area (TPSA) is 103 Å². The lowest BCUT2D eigenvalue weighted by molar-refractivity contribution is -0.143. The Kier molecular flexibility index (Phi) is 7.64. The van der Waals surface area contributed by atoms with E-state index in [0.717, 1.165) is 6.08 Å². The number of hydrogen-bond acceptors (Lipinski definition) is 6. The number of amides is 3. The van der Waals surface area contributed by atoms with Gasteiger partial charge in [0.1, 0.15) is 11.5 Å². The Bertz CT molecular complexity index is 669. The molecule has 0 spiro atoms. The summed E-state index contributed by atoms with van der Waals surface area (Å²) in [5.74, 6) is -0.307. The van der Waals surface area contributed by atoms with Crippen LogP contribution in [-0.4, -0.2) is 44.3 Å². The van der Waals surface area contributed by atoms with E-state index < -0.39 is 30.1 Å². The summed E-state index contributed by atoms with van der Waals surface area (Å²) in [6.07, 6.45) is 2.66. The number of hydrogen-bond donors (Lipinski definition) is 2. The second kappa shape index (κ2) is 9.45. The third-order valence-corrected chi connectivity index (χ3v) is 2.87. The number of imide groups is 1. The minimum Gasteiger partial charge on any atom is -0.497 e. The summed E-state index contributed by atoms with van der Waals surface area (Å²) in [5.41, 5.74) is 0.175. The van der Waals surface area contributed by atoms with Gasteiger partial charge in [0.2, 0.25) is 0 Å². The van der Waals surface area contributed by atoms with Gasteiger partial charge in [-0.3, -0.25) is 10.1 Å². The second-order valence-electron chi connectivity index (χ2n) is 6.34. The molecule has 0 bridgehead atoms. The SMILES string of the molecule is COc1cc(/C=C/C(=O)OCC(=O)NC(=O)NC(C)(C)C)cc(OC)c1. The Morgan fingerprint density at radius 3 is 2.12 bits per heavy atom. The monoisotopic (exact) mass is 364 g/mol. The van der Waals surface area contributed by atoms with E-state index in [0.29, 0.717) is 17.1 Å². The van der Waals surface area contributed by atoms with Crippen molar-refractivity contribution in [3.63, 3.8) is 0 Å². The van der Waals surface area contributed by atoms with Crippen LogP contribution in [0.3, 0.4) is 0 Å². The van der Waals surface area contributed by atoms with Crippen LogP contribution in [0.4, 0.5) is 4.79 Å². The Hall–Kier alpha value is -3.03. The van der Waals surface area contributed by atoms with Crippen LogP contribution in [0.25, 0.3) is 6.08 Å². The van der Waals surface area contributed by atoms with Crippen LogP contribution in [0.1, 0.15) is 26.3 Å². The van der Waals surface area contributed by atoms with E-state index in [1.54, 1.807) is 39.0 Å². The van der Waals surface area contributed by atoms with Crippen LogP contribution in [0.5, 0.6) is 11.5 Å². The third-order valence-electron chi connectivity index (χ3n) is 2.87. The van der Waals surface area contributed by atoms with Crippen LogP contribution in [0.2, 0.25) is 0 Å². The Labute approximate surface area is 152 Å². The van der Waals surface area contributed by atoms with Gasteiger partial charge < -0.3 is 19.5 Å². The summed E-state index contributed by atoms with van der Waals surface area (Å²) in [4.78, 5) is 34.8. The molecule has 0 aliphatic carbocycles. The lowest BCUT2D eigenvalue weighted by Crippen LogP contribution is -2.49. The molecule has 0 unspecified atom stereocenters. The molecule has 1 rings (SSSR count). The van der Waals surface area contributed by atoms with Crippen molar-refractivity contribution in [2.24, 2.45) is 0 Å². The molecule has 1 aromatic rings. The molecule has 3 amide bonds. The van der Waals surface area contributed by atoms with Crippen LogP contribution in [0.15, 0.2) is 24.3 Å². The van der Waals surface area contributed by atoms with Crippen LogP contribution < -0.4 is 20.1 Å². The quantitative estimate of drug-likeness (QED) is 0.590. The van der Waals surface area contributed by atoms with Crippen molar-refractivity contribution >= 4 is 24.0 Å². The first-order valence-electron chi connectivity index (χ1n) is 7.83. The lowest BCUT2D eigenvalue weighted by Gasteiger charge is -2.20. The van der Waals surface area contributed by atoms with Gasteiger partial charge in [0.05, 0.1) is 14.2 Å². The first-order chi connectivity index (χ1) is 12.1. The highest BCUT2D eigenvalue weighted by molar-refractivity contribution is 5.96. The zero-order valence-corrected chi connectivity index (χ0v) is 15.5. The van der Waals surface area contributed by atoms with E-state index in [-0.39, 0.29) is 0 Å². The largest absolute Gasteiger partial charge is 0.497 e. The minimum atomic E-state index is -0.725. The molecule has 0 saturated heterocycles. The molecule has 1 aromatic carbocycles. The van der Waals surface area contributed by atoms with E-state index in [2.05, 4.69) is 10.6 Å². The van der Waals surface area contributed by atoms with Crippen LogP contribution in [-0.2, 0) is 14.3 Å². The molecule has 0 heterocycles. The molecular weight excluding hydrogens is 340 g/mol. The van der Waals surface area contributed by atoms with Crippen molar-refractivity contribution in [1.29, 1.82) is 0 Å². The van der Waals surface area contributed by atoms with Gasteiger partial charge in [-0.2, -0.15) is 0 Å². The van der Waals surface area contributed by atoms with Gasteiger partial charge in [-0.1, -0.05) is 0 Å². The molecule has 142 valence electrons. The van der Waals surface area contributed by atoms with Gasteiger partial charge >= 0.3 is 12.0 Å². The highest BCUT2D eigenvalue weighted by Crippen LogP contribution is 2.23. The number of rotatable bonds is 6. The molecule has 8 heteroatoms. The number of esters is 1. The molecule has 0 fully saturated rings. The van der Waals surface area contributed by atoms with E-state index in [9.17, 15) is 14.4 Å². The van der Waals surface area contributed by atoms with E-state index >= 15 is 0 Å². The zero-order chi connectivity index (χ0) is 19.7. The standard InChI is InChI=1S/C18H24N2O6/c1-18(2,3)20-17(23)19-15(21)11-26-16(22)7-6-12-8-13(24-4)10-14(9-12)25-5/h6-10H,11H2,1-5H3,(H2,19,20,21,23)/b7-6+. The maximum absolute atomic E-state index is 11.7. The maximum atomic E-state index is 11.7. The first kappa shape index (κ1) is 21.0. The molecule has 0 atom stereocenters. The molecular formula is C18H24N2O6. The fourth-order valence-electron chi connectivity index (χ4n) is 1.81. The summed E-state index contributed by atoms with van der Waals surface area (Å²) in [7, 11) is 3.04. The Morgan fingerprint density at radius 1 is 1.04 bits per heavy atom. The number of ether oxygens (including phenoxy) is 3.